The molecule has 1 atom stereocenters. The third-order valence-electron chi connectivity index (χ3n) is 4.38. The van der Waals surface area contributed by atoms with Gasteiger partial charge in [-0.2, -0.15) is 4.98 Å². The molecule has 3 heterocycles. The number of carbonyl (C=O) groups excluding carboxylic acids is 1. The number of aryl methyl sites for hydroxylation is 1. The summed E-state index contributed by atoms with van der Waals surface area (Å²) in [7, 11) is 0. The largest absolute Gasteiger partial charge is 0.340 e. The maximum absolute atomic E-state index is 12.0. The van der Waals surface area contributed by atoms with Gasteiger partial charge in [0.15, 0.2) is 5.82 Å². The molecule has 0 aliphatic carbocycles. The summed E-state index contributed by atoms with van der Waals surface area (Å²) in [5, 5.41) is 3.90. The molecule has 1 aliphatic rings. The molecule has 0 N–H and O–H groups in total. The first-order valence-corrected chi connectivity index (χ1v) is 8.30. The number of hydrogen-bond donors (Lipinski definition) is 0. The first-order chi connectivity index (χ1) is 11.6. The van der Waals surface area contributed by atoms with Gasteiger partial charge < -0.3 is 14.3 Å². The predicted molar refractivity (Wildman–Crippen MR) is 88.0 cm³/mol. The van der Waals surface area contributed by atoms with Crippen molar-refractivity contribution in [1.82, 2.24) is 24.9 Å². The van der Waals surface area contributed by atoms with Crippen LogP contribution in [0, 0.1) is 6.92 Å². The van der Waals surface area contributed by atoms with Crippen molar-refractivity contribution in [1.29, 1.82) is 0 Å². The maximum atomic E-state index is 12.0. The Bertz CT molecular complexity index is 673. The average molecular weight is 329 g/mol. The summed E-state index contributed by atoms with van der Waals surface area (Å²) < 4.78 is 5.00. The highest BCUT2D eigenvalue weighted by Gasteiger charge is 2.30. The molecular weight excluding hydrogens is 306 g/mol. The first-order valence-electron chi connectivity index (χ1n) is 8.30. The Morgan fingerprint density at radius 1 is 1.46 bits per heavy atom. The minimum atomic E-state index is 0.0500. The SMILES string of the molecule is CC(=O)N(Cc1noc(C)n1)[C@@H]1CCN(CCc2ccccn2)C1. The van der Waals surface area contributed by atoms with Gasteiger partial charge in [0.1, 0.15) is 0 Å². The zero-order valence-electron chi connectivity index (χ0n) is 14.2. The maximum Gasteiger partial charge on any atom is 0.223 e. The highest BCUT2D eigenvalue weighted by atomic mass is 16.5. The summed E-state index contributed by atoms with van der Waals surface area (Å²) in [6, 6.07) is 6.19. The number of aromatic nitrogens is 3. The summed E-state index contributed by atoms with van der Waals surface area (Å²) in [6.07, 6.45) is 3.73. The van der Waals surface area contributed by atoms with Crippen molar-refractivity contribution >= 4 is 5.91 Å². The second-order valence-corrected chi connectivity index (χ2v) is 6.19. The van der Waals surface area contributed by atoms with Crippen molar-refractivity contribution in [3.8, 4) is 0 Å². The van der Waals surface area contributed by atoms with Crippen molar-refractivity contribution < 1.29 is 9.32 Å². The van der Waals surface area contributed by atoms with Crippen LogP contribution in [0.25, 0.3) is 0 Å². The van der Waals surface area contributed by atoms with Crippen LogP contribution in [-0.2, 0) is 17.8 Å². The zero-order chi connectivity index (χ0) is 16.9. The standard InChI is InChI=1S/C17H23N5O2/c1-13-19-17(20-24-13)12-22(14(2)23)16-7-10-21(11-16)9-6-15-5-3-4-8-18-15/h3-5,8,16H,6-7,9-12H2,1-2H3/t16-/m1/s1. The van der Waals surface area contributed by atoms with Gasteiger partial charge in [0.25, 0.3) is 0 Å². The molecule has 24 heavy (non-hydrogen) atoms. The van der Waals surface area contributed by atoms with Crippen LogP contribution >= 0.6 is 0 Å². The fraction of sp³-hybridized carbons (Fsp3) is 0.529. The van der Waals surface area contributed by atoms with E-state index in [1.54, 1.807) is 13.8 Å². The Morgan fingerprint density at radius 2 is 2.33 bits per heavy atom. The topological polar surface area (TPSA) is 75.4 Å². The third kappa shape index (κ3) is 4.17. The van der Waals surface area contributed by atoms with Gasteiger partial charge in [-0.25, -0.2) is 0 Å². The van der Waals surface area contributed by atoms with Crippen LogP contribution in [0.5, 0.6) is 0 Å². The third-order valence-corrected chi connectivity index (χ3v) is 4.38. The van der Waals surface area contributed by atoms with Crippen molar-refractivity contribution in [2.24, 2.45) is 0 Å². The minimum Gasteiger partial charge on any atom is -0.340 e. The van der Waals surface area contributed by atoms with E-state index in [2.05, 4.69) is 20.0 Å². The van der Waals surface area contributed by atoms with Crippen LogP contribution in [0.3, 0.4) is 0 Å². The summed E-state index contributed by atoms with van der Waals surface area (Å²) >= 11 is 0. The fourth-order valence-electron chi connectivity index (χ4n) is 3.14. The lowest BCUT2D eigenvalue weighted by molar-refractivity contribution is -0.131. The number of hydrogen-bond acceptors (Lipinski definition) is 6. The smallest absolute Gasteiger partial charge is 0.223 e. The number of pyridine rings is 1. The van der Waals surface area contributed by atoms with Crippen molar-refractivity contribution in [2.45, 2.75) is 39.3 Å². The van der Waals surface area contributed by atoms with E-state index in [1.165, 1.54) is 0 Å². The van der Waals surface area contributed by atoms with E-state index < -0.39 is 0 Å². The normalized spacial score (nSPS) is 18.0. The van der Waals surface area contributed by atoms with E-state index in [4.69, 9.17) is 4.52 Å². The van der Waals surface area contributed by atoms with Gasteiger partial charge >= 0.3 is 0 Å². The van der Waals surface area contributed by atoms with Crippen LogP contribution in [0.2, 0.25) is 0 Å². The Labute approximate surface area is 141 Å². The van der Waals surface area contributed by atoms with Crippen LogP contribution in [0.1, 0.15) is 30.8 Å². The monoisotopic (exact) mass is 329 g/mol. The Kier molecular flexibility index (Phi) is 5.20. The lowest BCUT2D eigenvalue weighted by Gasteiger charge is -2.27. The Hall–Kier alpha value is -2.28. The van der Waals surface area contributed by atoms with Crippen molar-refractivity contribution in [3.05, 3.63) is 41.8 Å². The molecule has 0 aromatic carbocycles. The van der Waals surface area contributed by atoms with Gasteiger partial charge in [0.2, 0.25) is 11.8 Å². The van der Waals surface area contributed by atoms with E-state index in [0.29, 0.717) is 18.3 Å². The van der Waals surface area contributed by atoms with E-state index in [-0.39, 0.29) is 11.9 Å². The average Bonchev–Trinajstić information content (AvgIpc) is 3.20. The summed E-state index contributed by atoms with van der Waals surface area (Å²) in [4.78, 5) is 24.8. The van der Waals surface area contributed by atoms with E-state index >= 15 is 0 Å². The van der Waals surface area contributed by atoms with Crippen LogP contribution in [0.4, 0.5) is 0 Å². The molecule has 0 unspecified atom stereocenters. The summed E-state index contributed by atoms with van der Waals surface area (Å²) in [6.45, 7) is 6.59. The number of amides is 1. The summed E-state index contributed by atoms with van der Waals surface area (Å²) in [5.41, 5.74) is 1.10. The quantitative estimate of drug-likeness (QED) is 0.798. The van der Waals surface area contributed by atoms with Crippen LogP contribution < -0.4 is 0 Å². The van der Waals surface area contributed by atoms with Gasteiger partial charge in [-0.3, -0.25) is 9.78 Å². The molecule has 1 saturated heterocycles. The fourth-order valence-corrected chi connectivity index (χ4v) is 3.14. The molecule has 3 rings (SSSR count). The van der Waals surface area contributed by atoms with E-state index in [0.717, 1.165) is 38.2 Å². The number of likely N-dealkylation sites (tertiary alicyclic amines) is 1. The highest BCUT2D eigenvalue weighted by Crippen LogP contribution is 2.18. The van der Waals surface area contributed by atoms with Crippen LogP contribution in [-0.4, -0.2) is 56.5 Å². The predicted octanol–water partition coefficient (Wildman–Crippen LogP) is 1.44. The van der Waals surface area contributed by atoms with Gasteiger partial charge in [-0.05, 0) is 18.6 Å². The number of nitrogens with zero attached hydrogens (tertiary/aromatic N) is 5. The number of carbonyl (C=O) groups is 1. The van der Waals surface area contributed by atoms with Gasteiger partial charge in [-0.15, -0.1) is 0 Å². The number of rotatable bonds is 6. The highest BCUT2D eigenvalue weighted by molar-refractivity contribution is 5.73. The van der Waals surface area contributed by atoms with Crippen molar-refractivity contribution in [3.63, 3.8) is 0 Å². The molecule has 128 valence electrons. The Balaban J connectivity index is 1.55. The molecule has 7 nitrogen and oxygen atoms in total. The zero-order valence-corrected chi connectivity index (χ0v) is 14.2. The van der Waals surface area contributed by atoms with E-state index in [9.17, 15) is 4.79 Å². The molecule has 0 bridgehead atoms. The van der Waals surface area contributed by atoms with Gasteiger partial charge in [-0.1, -0.05) is 11.2 Å². The lowest BCUT2D eigenvalue weighted by atomic mass is 10.2. The van der Waals surface area contributed by atoms with E-state index in [1.807, 2.05) is 29.3 Å². The molecule has 1 fully saturated rings. The molecule has 2 aromatic heterocycles. The second-order valence-electron chi connectivity index (χ2n) is 6.19. The molecule has 7 heteroatoms. The molecule has 1 aliphatic heterocycles. The van der Waals surface area contributed by atoms with Crippen molar-refractivity contribution in [2.75, 3.05) is 19.6 Å². The molecular formula is C17H23N5O2. The van der Waals surface area contributed by atoms with Gasteiger partial charge in [0.05, 0.1) is 6.54 Å². The molecule has 1 amide bonds. The molecule has 0 radical (unpaired) electrons. The minimum absolute atomic E-state index is 0.0500. The molecule has 0 saturated carbocycles. The summed E-state index contributed by atoms with van der Waals surface area (Å²) in [5.74, 6) is 1.14. The molecule has 2 aromatic rings. The Morgan fingerprint density at radius 3 is 3.00 bits per heavy atom. The van der Waals surface area contributed by atoms with Crippen LogP contribution in [0.15, 0.2) is 28.9 Å². The van der Waals surface area contributed by atoms with Gasteiger partial charge in [0, 0.05) is 57.8 Å². The molecule has 0 spiro atoms. The lowest BCUT2D eigenvalue weighted by Crippen LogP contribution is -2.40. The first kappa shape index (κ1) is 16.6. The second kappa shape index (κ2) is 7.53.